The number of hydrogen-bond acceptors (Lipinski definition) is 4. The molecule has 26 heavy (non-hydrogen) atoms. The zero-order valence-electron chi connectivity index (χ0n) is 13.6. The van der Waals surface area contributed by atoms with Gasteiger partial charge in [-0.25, -0.2) is 9.37 Å². The summed E-state index contributed by atoms with van der Waals surface area (Å²) in [5.41, 5.74) is 2.76. The molecule has 0 unspecified atom stereocenters. The summed E-state index contributed by atoms with van der Waals surface area (Å²) in [5.74, 6) is 0.362. The van der Waals surface area contributed by atoms with E-state index in [1.165, 1.54) is 12.1 Å². The van der Waals surface area contributed by atoms with Crippen molar-refractivity contribution in [1.82, 2.24) is 4.98 Å². The lowest BCUT2D eigenvalue weighted by Gasteiger charge is -2.17. The number of benzene rings is 1. The number of ether oxygens (including phenoxy) is 1. The van der Waals surface area contributed by atoms with Gasteiger partial charge in [0, 0.05) is 23.9 Å². The van der Waals surface area contributed by atoms with E-state index in [1.54, 1.807) is 24.4 Å². The van der Waals surface area contributed by atoms with Crippen LogP contribution in [0.5, 0.6) is 5.75 Å². The molecule has 1 saturated heterocycles. The third kappa shape index (κ3) is 3.36. The Bertz CT molecular complexity index is 866. The fourth-order valence-corrected chi connectivity index (χ4v) is 3.27. The molecule has 0 radical (unpaired) electrons. The normalized spacial score (nSPS) is 19.5. The maximum Gasteiger partial charge on any atom is 0.573 e. The first-order valence-corrected chi connectivity index (χ1v) is 8.18. The molecule has 136 valence electrons. The van der Waals surface area contributed by atoms with Crippen molar-refractivity contribution in [3.05, 3.63) is 53.2 Å². The molecule has 1 aromatic heterocycles. The molecule has 0 bridgehead atoms. The van der Waals surface area contributed by atoms with Crippen LogP contribution in [0.25, 0.3) is 0 Å². The highest BCUT2D eigenvalue weighted by Gasteiger charge is 2.32. The average molecular weight is 365 g/mol. The number of nitrogens with zero attached hydrogens (tertiary/aromatic N) is 3. The van der Waals surface area contributed by atoms with E-state index in [0.29, 0.717) is 43.1 Å². The molecule has 0 spiro atoms. The van der Waals surface area contributed by atoms with Gasteiger partial charge in [-0.3, -0.25) is 4.99 Å². The van der Waals surface area contributed by atoms with Gasteiger partial charge in [-0.05, 0) is 36.2 Å². The first kappa shape index (κ1) is 16.8. The summed E-state index contributed by atoms with van der Waals surface area (Å²) in [7, 11) is 0. The minimum atomic E-state index is -4.74. The summed E-state index contributed by atoms with van der Waals surface area (Å²) in [4.78, 5) is 10.6. The van der Waals surface area contributed by atoms with Crippen LogP contribution in [0.1, 0.15) is 23.1 Å². The van der Waals surface area contributed by atoms with E-state index in [2.05, 4.69) is 14.7 Å². The fraction of sp³-hybridized carbons (Fsp3) is 0.333. The predicted molar refractivity (Wildman–Crippen MR) is 88.4 cm³/mol. The van der Waals surface area contributed by atoms with Crippen molar-refractivity contribution in [1.29, 1.82) is 0 Å². The van der Waals surface area contributed by atoms with Crippen molar-refractivity contribution in [3.8, 4) is 5.75 Å². The Morgan fingerprint density at radius 1 is 1.15 bits per heavy atom. The van der Waals surface area contributed by atoms with Crippen LogP contribution in [0.4, 0.5) is 23.4 Å². The summed E-state index contributed by atoms with van der Waals surface area (Å²) < 4.78 is 54.9. The van der Waals surface area contributed by atoms with Crippen molar-refractivity contribution >= 4 is 11.5 Å². The number of anilines is 1. The first-order valence-electron chi connectivity index (χ1n) is 8.18. The molecule has 2 aromatic rings. The molecule has 3 heterocycles. The summed E-state index contributed by atoms with van der Waals surface area (Å²) in [6.07, 6.45) is -3.54. The zero-order valence-corrected chi connectivity index (χ0v) is 13.6. The molecular formula is C18H15F4N3O. The van der Waals surface area contributed by atoms with E-state index in [4.69, 9.17) is 0 Å². The number of aromatic nitrogens is 1. The van der Waals surface area contributed by atoms with Gasteiger partial charge in [-0.2, -0.15) is 0 Å². The Morgan fingerprint density at radius 2 is 2.00 bits per heavy atom. The maximum absolute atomic E-state index is 13.4. The van der Waals surface area contributed by atoms with Gasteiger partial charge in [0.1, 0.15) is 17.7 Å². The fourth-order valence-electron chi connectivity index (χ4n) is 3.27. The van der Waals surface area contributed by atoms with E-state index in [0.717, 1.165) is 11.1 Å². The zero-order chi connectivity index (χ0) is 18.3. The second-order valence-electron chi connectivity index (χ2n) is 6.27. The van der Waals surface area contributed by atoms with Crippen LogP contribution in [0.15, 0.2) is 41.5 Å². The van der Waals surface area contributed by atoms with E-state index >= 15 is 0 Å². The number of alkyl halides is 4. The molecule has 0 aliphatic carbocycles. The third-order valence-corrected chi connectivity index (χ3v) is 4.45. The second kappa shape index (κ2) is 6.26. The molecule has 8 heteroatoms. The monoisotopic (exact) mass is 365 g/mol. The number of rotatable bonds is 3. The summed E-state index contributed by atoms with van der Waals surface area (Å²) >= 11 is 0. The molecule has 0 N–H and O–H groups in total. The molecule has 0 saturated carbocycles. The number of aliphatic imine (C=N–C) groups is 1. The van der Waals surface area contributed by atoms with E-state index < -0.39 is 12.5 Å². The van der Waals surface area contributed by atoms with Crippen molar-refractivity contribution in [2.75, 3.05) is 18.0 Å². The summed E-state index contributed by atoms with van der Waals surface area (Å²) in [6.45, 7) is 1.28. The maximum atomic E-state index is 13.4. The van der Waals surface area contributed by atoms with Gasteiger partial charge in [-0.1, -0.05) is 6.07 Å². The van der Waals surface area contributed by atoms with Gasteiger partial charge < -0.3 is 9.64 Å². The molecule has 4 nitrogen and oxygen atoms in total. The van der Waals surface area contributed by atoms with Crippen LogP contribution in [0.3, 0.4) is 0 Å². The molecule has 1 fully saturated rings. The lowest BCUT2D eigenvalue weighted by molar-refractivity contribution is -0.274. The van der Waals surface area contributed by atoms with Crippen LogP contribution in [-0.4, -0.2) is 36.3 Å². The Morgan fingerprint density at radius 3 is 2.73 bits per heavy atom. The van der Waals surface area contributed by atoms with Crippen molar-refractivity contribution in [3.63, 3.8) is 0 Å². The summed E-state index contributed by atoms with van der Waals surface area (Å²) in [6, 6.07) is 7.76. The Kier molecular flexibility index (Phi) is 4.05. The highest BCUT2D eigenvalue weighted by atomic mass is 19.4. The van der Waals surface area contributed by atoms with Crippen molar-refractivity contribution in [2.45, 2.75) is 25.5 Å². The molecule has 2 aliphatic rings. The minimum Gasteiger partial charge on any atom is -0.406 e. The number of halogens is 4. The largest absolute Gasteiger partial charge is 0.573 e. The molecular weight excluding hydrogens is 350 g/mol. The Labute approximate surface area is 147 Å². The van der Waals surface area contributed by atoms with Crippen LogP contribution in [0.2, 0.25) is 0 Å². The van der Waals surface area contributed by atoms with Crippen molar-refractivity contribution in [2.24, 2.45) is 4.99 Å². The topological polar surface area (TPSA) is 37.7 Å². The Balaban J connectivity index is 1.64. The molecule has 4 rings (SSSR count). The van der Waals surface area contributed by atoms with Gasteiger partial charge in [0.05, 0.1) is 18.8 Å². The van der Waals surface area contributed by atoms with E-state index in [1.807, 2.05) is 4.90 Å². The second-order valence-corrected chi connectivity index (χ2v) is 6.27. The van der Waals surface area contributed by atoms with E-state index in [9.17, 15) is 17.6 Å². The lowest BCUT2D eigenvalue weighted by Crippen LogP contribution is -2.21. The molecule has 0 amide bonds. The standard InChI is InChI=1S/C18H15F4N3O/c19-13-4-6-25(10-13)16-7-11(3-5-23-16)17-15-8-14(26-18(20,21)22)2-1-12(15)9-24-17/h1-3,5,7-8,13H,4,6,9-10H2/t13-/m1/s1. The summed E-state index contributed by atoms with van der Waals surface area (Å²) in [5, 5.41) is 0. The quantitative estimate of drug-likeness (QED) is 0.775. The van der Waals surface area contributed by atoms with Gasteiger partial charge in [-0.15, -0.1) is 13.2 Å². The first-order chi connectivity index (χ1) is 12.4. The smallest absolute Gasteiger partial charge is 0.406 e. The van der Waals surface area contributed by atoms with Crippen LogP contribution in [-0.2, 0) is 6.54 Å². The van der Waals surface area contributed by atoms with Crippen LogP contribution < -0.4 is 9.64 Å². The third-order valence-electron chi connectivity index (χ3n) is 4.45. The SMILES string of the molecule is F[C@@H]1CCN(c2cc(C3=NCc4ccc(OC(F)(F)F)cc43)ccn2)C1. The van der Waals surface area contributed by atoms with Gasteiger partial charge in [0.15, 0.2) is 0 Å². The molecule has 1 aromatic carbocycles. The van der Waals surface area contributed by atoms with Gasteiger partial charge in [0.2, 0.25) is 0 Å². The number of fused-ring (bicyclic) bond motifs is 1. The molecule has 2 aliphatic heterocycles. The highest BCUT2D eigenvalue weighted by molar-refractivity contribution is 6.15. The van der Waals surface area contributed by atoms with E-state index in [-0.39, 0.29) is 5.75 Å². The Hall–Kier alpha value is -2.64. The van der Waals surface area contributed by atoms with Gasteiger partial charge in [0.25, 0.3) is 0 Å². The predicted octanol–water partition coefficient (Wildman–Crippen LogP) is 3.88. The average Bonchev–Trinajstić information content (AvgIpc) is 3.19. The lowest BCUT2D eigenvalue weighted by atomic mass is 10.0. The number of pyridine rings is 1. The van der Waals surface area contributed by atoms with Gasteiger partial charge >= 0.3 is 6.36 Å². The number of hydrogen-bond donors (Lipinski definition) is 0. The highest BCUT2D eigenvalue weighted by Crippen LogP contribution is 2.31. The van der Waals surface area contributed by atoms with Crippen LogP contribution in [0, 0.1) is 0 Å². The van der Waals surface area contributed by atoms with Crippen molar-refractivity contribution < 1.29 is 22.3 Å². The van der Waals surface area contributed by atoms with Crippen LogP contribution >= 0.6 is 0 Å². The minimum absolute atomic E-state index is 0.278. The molecule has 1 atom stereocenters.